The number of benzene rings is 1. The maximum atomic E-state index is 12.3. The molecule has 0 atom stereocenters. The number of hydrogen-bond acceptors (Lipinski definition) is 7. The zero-order chi connectivity index (χ0) is 21.1. The van der Waals surface area contributed by atoms with Crippen molar-refractivity contribution in [1.82, 2.24) is 19.6 Å². The first-order valence-electron chi connectivity index (χ1n) is 9.59. The summed E-state index contributed by atoms with van der Waals surface area (Å²) in [5.41, 5.74) is 4.77. The molecular weight excluding hydrogens is 438 g/mol. The minimum Gasteiger partial charge on any atom is -0.330 e. The lowest BCUT2D eigenvalue weighted by Gasteiger charge is -2.13. The number of para-hydroxylation sites is 1. The SMILES string of the molecule is CCc1cccc(CC)c1Nc1nnc(SCc2cc(=O)n3cc(Cl)ccc3n2)s1. The Morgan fingerprint density at radius 1 is 1.13 bits per heavy atom. The molecule has 3 heterocycles. The lowest BCUT2D eigenvalue weighted by atomic mass is 10.0. The predicted molar refractivity (Wildman–Crippen MR) is 124 cm³/mol. The zero-order valence-corrected chi connectivity index (χ0v) is 18.9. The molecular formula is C21H20ClN5OS2. The summed E-state index contributed by atoms with van der Waals surface area (Å²) in [4.78, 5) is 16.8. The third-order valence-corrected chi connectivity index (χ3v) is 6.89. The maximum Gasteiger partial charge on any atom is 0.258 e. The van der Waals surface area contributed by atoms with Gasteiger partial charge in [-0.15, -0.1) is 10.2 Å². The lowest BCUT2D eigenvalue weighted by Crippen LogP contribution is -2.14. The van der Waals surface area contributed by atoms with E-state index in [1.165, 1.54) is 44.7 Å². The molecule has 4 rings (SSSR count). The molecule has 0 aliphatic rings. The van der Waals surface area contributed by atoms with Gasteiger partial charge in [-0.05, 0) is 36.1 Å². The average molecular weight is 458 g/mol. The van der Waals surface area contributed by atoms with E-state index in [2.05, 4.69) is 52.5 Å². The highest BCUT2D eigenvalue weighted by atomic mass is 35.5. The second-order valence-corrected chi connectivity index (χ2v) is 9.24. The van der Waals surface area contributed by atoms with Crippen LogP contribution in [-0.2, 0) is 18.6 Å². The van der Waals surface area contributed by atoms with Crippen molar-refractivity contribution in [3.8, 4) is 0 Å². The molecule has 4 aromatic rings. The molecule has 0 saturated heterocycles. The summed E-state index contributed by atoms with van der Waals surface area (Å²) < 4.78 is 2.27. The predicted octanol–water partition coefficient (Wildman–Crippen LogP) is 5.36. The Hall–Kier alpha value is -2.42. The van der Waals surface area contributed by atoms with E-state index in [0.717, 1.165) is 28.0 Å². The van der Waals surface area contributed by atoms with Crippen molar-refractivity contribution in [2.24, 2.45) is 0 Å². The van der Waals surface area contributed by atoms with E-state index in [1.54, 1.807) is 18.3 Å². The third-order valence-electron chi connectivity index (χ3n) is 4.66. The number of anilines is 2. The van der Waals surface area contributed by atoms with Crippen LogP contribution in [0.25, 0.3) is 5.65 Å². The molecule has 0 saturated carbocycles. The number of thioether (sulfide) groups is 1. The van der Waals surface area contributed by atoms with Crippen LogP contribution in [-0.4, -0.2) is 19.6 Å². The normalized spacial score (nSPS) is 11.2. The number of rotatable bonds is 7. The van der Waals surface area contributed by atoms with Gasteiger partial charge < -0.3 is 5.32 Å². The molecule has 9 heteroatoms. The summed E-state index contributed by atoms with van der Waals surface area (Å²) in [6, 6.07) is 11.4. The van der Waals surface area contributed by atoms with E-state index in [4.69, 9.17) is 11.6 Å². The van der Waals surface area contributed by atoms with Gasteiger partial charge in [-0.3, -0.25) is 9.20 Å². The molecule has 6 nitrogen and oxygen atoms in total. The van der Waals surface area contributed by atoms with Crippen molar-refractivity contribution >= 4 is 51.2 Å². The van der Waals surface area contributed by atoms with E-state index in [-0.39, 0.29) is 5.56 Å². The molecule has 0 spiro atoms. The fraction of sp³-hybridized carbons (Fsp3) is 0.238. The van der Waals surface area contributed by atoms with E-state index in [9.17, 15) is 4.79 Å². The summed E-state index contributed by atoms with van der Waals surface area (Å²) in [6.07, 6.45) is 3.47. The molecule has 0 amide bonds. The molecule has 3 aromatic heterocycles. The average Bonchev–Trinajstić information content (AvgIpc) is 3.20. The first kappa shape index (κ1) is 20.8. The van der Waals surface area contributed by atoms with E-state index < -0.39 is 0 Å². The molecule has 0 fully saturated rings. The molecule has 0 unspecified atom stereocenters. The summed E-state index contributed by atoms with van der Waals surface area (Å²) in [6.45, 7) is 4.29. The quantitative estimate of drug-likeness (QED) is 0.376. The Kier molecular flexibility index (Phi) is 6.36. The molecule has 0 aliphatic heterocycles. The number of hydrogen-bond donors (Lipinski definition) is 1. The Morgan fingerprint density at radius 3 is 2.63 bits per heavy atom. The van der Waals surface area contributed by atoms with Crippen LogP contribution in [0.4, 0.5) is 10.8 Å². The minimum absolute atomic E-state index is 0.152. The number of aryl methyl sites for hydroxylation is 2. The summed E-state index contributed by atoms with van der Waals surface area (Å²) >= 11 is 8.97. The number of nitrogens with one attached hydrogen (secondary N) is 1. The largest absolute Gasteiger partial charge is 0.330 e. The van der Waals surface area contributed by atoms with Crippen LogP contribution >= 0.6 is 34.7 Å². The van der Waals surface area contributed by atoms with Crippen LogP contribution in [0, 0.1) is 0 Å². The van der Waals surface area contributed by atoms with E-state index >= 15 is 0 Å². The van der Waals surface area contributed by atoms with Crippen LogP contribution in [0.5, 0.6) is 0 Å². The highest BCUT2D eigenvalue weighted by Crippen LogP contribution is 2.32. The molecule has 154 valence electrons. The highest BCUT2D eigenvalue weighted by Gasteiger charge is 2.11. The number of fused-ring (bicyclic) bond motifs is 1. The molecule has 1 aromatic carbocycles. The van der Waals surface area contributed by atoms with Gasteiger partial charge in [-0.2, -0.15) is 0 Å². The topological polar surface area (TPSA) is 72.2 Å². The second kappa shape index (κ2) is 9.16. The van der Waals surface area contributed by atoms with Gasteiger partial charge in [0.2, 0.25) is 5.13 Å². The van der Waals surface area contributed by atoms with Crippen LogP contribution < -0.4 is 10.9 Å². The van der Waals surface area contributed by atoms with Crippen molar-refractivity contribution in [2.75, 3.05) is 5.32 Å². The highest BCUT2D eigenvalue weighted by molar-refractivity contribution is 8.00. The van der Waals surface area contributed by atoms with Crippen LogP contribution in [0.15, 0.2) is 51.7 Å². The Balaban J connectivity index is 1.49. The third kappa shape index (κ3) is 4.50. The Labute approximate surface area is 187 Å². The smallest absolute Gasteiger partial charge is 0.258 e. The van der Waals surface area contributed by atoms with Gasteiger partial charge in [0.1, 0.15) is 5.65 Å². The second-order valence-electron chi connectivity index (χ2n) is 6.61. The molecule has 0 bridgehead atoms. The first-order chi connectivity index (χ1) is 14.6. The van der Waals surface area contributed by atoms with Crippen molar-refractivity contribution in [3.05, 3.63) is 74.8 Å². The fourth-order valence-corrected chi connectivity index (χ4v) is 4.97. The van der Waals surface area contributed by atoms with Crippen molar-refractivity contribution in [2.45, 2.75) is 36.8 Å². The van der Waals surface area contributed by atoms with Gasteiger partial charge >= 0.3 is 0 Å². The number of pyridine rings is 1. The molecule has 0 radical (unpaired) electrons. The maximum absolute atomic E-state index is 12.3. The van der Waals surface area contributed by atoms with Gasteiger partial charge in [-0.1, -0.05) is 66.7 Å². The van der Waals surface area contributed by atoms with Gasteiger partial charge in [0, 0.05) is 23.7 Å². The Morgan fingerprint density at radius 2 is 1.90 bits per heavy atom. The lowest BCUT2D eigenvalue weighted by molar-refractivity contribution is 0.999. The fourth-order valence-electron chi connectivity index (χ4n) is 3.16. The molecule has 1 N–H and O–H groups in total. The number of nitrogens with zero attached hydrogens (tertiary/aromatic N) is 4. The minimum atomic E-state index is -0.152. The van der Waals surface area contributed by atoms with Gasteiger partial charge in [-0.25, -0.2) is 4.98 Å². The van der Waals surface area contributed by atoms with Crippen molar-refractivity contribution in [3.63, 3.8) is 0 Å². The van der Waals surface area contributed by atoms with Crippen molar-refractivity contribution < 1.29 is 0 Å². The van der Waals surface area contributed by atoms with Crippen LogP contribution in [0.2, 0.25) is 5.02 Å². The molecule has 0 aliphatic carbocycles. The van der Waals surface area contributed by atoms with Gasteiger partial charge in [0.25, 0.3) is 5.56 Å². The summed E-state index contributed by atoms with van der Waals surface area (Å²) in [5, 5.41) is 13.3. The van der Waals surface area contributed by atoms with E-state index in [1.807, 2.05) is 0 Å². The summed E-state index contributed by atoms with van der Waals surface area (Å²) in [5.74, 6) is 0.536. The van der Waals surface area contributed by atoms with E-state index in [0.29, 0.717) is 22.1 Å². The molecule has 30 heavy (non-hydrogen) atoms. The zero-order valence-electron chi connectivity index (χ0n) is 16.6. The van der Waals surface area contributed by atoms with Gasteiger partial charge in [0.15, 0.2) is 4.34 Å². The standard InChI is InChI=1S/C21H20ClN5OS2/c1-3-13-6-5-7-14(4-2)19(13)24-20-25-26-21(30-20)29-12-16-10-18(28)27-11-15(22)8-9-17(27)23-16/h5-11H,3-4,12H2,1-2H3,(H,24,25). The monoisotopic (exact) mass is 457 g/mol. The van der Waals surface area contributed by atoms with Crippen molar-refractivity contribution in [1.29, 1.82) is 0 Å². The Bertz CT molecular complexity index is 1230. The number of aromatic nitrogens is 4. The number of halogens is 1. The van der Waals surface area contributed by atoms with Crippen LogP contribution in [0.3, 0.4) is 0 Å². The summed E-state index contributed by atoms with van der Waals surface area (Å²) in [7, 11) is 0. The van der Waals surface area contributed by atoms with Gasteiger partial charge in [0.05, 0.1) is 10.7 Å². The first-order valence-corrected chi connectivity index (χ1v) is 11.8. The van der Waals surface area contributed by atoms with Crippen LogP contribution in [0.1, 0.15) is 30.7 Å².